The zero-order chi connectivity index (χ0) is 8.27. The summed E-state index contributed by atoms with van der Waals surface area (Å²) in [5.74, 6) is 0. The summed E-state index contributed by atoms with van der Waals surface area (Å²) in [5, 5.41) is 0. The molecule has 0 fully saturated rings. The van der Waals surface area contributed by atoms with Crippen molar-refractivity contribution in [3.05, 3.63) is 12.2 Å². The van der Waals surface area contributed by atoms with Crippen molar-refractivity contribution in [2.24, 2.45) is 0 Å². The van der Waals surface area contributed by atoms with Gasteiger partial charge >= 0.3 is 0 Å². The molecule has 0 aromatic heterocycles. The Morgan fingerprint density at radius 2 is 2.27 bits per heavy atom. The Morgan fingerprint density at radius 3 is 2.73 bits per heavy atom. The average molecular weight is 153 g/mol. The molecule has 0 aromatic rings. The molecule has 0 saturated heterocycles. The standard InChI is InChI=1S/C10H19N/c1-4-10-7-5-6-8-11(10)9(2)3/h5,7,9-10H,4,6,8H2,1-3H3. The summed E-state index contributed by atoms with van der Waals surface area (Å²) in [7, 11) is 0. The Kier molecular flexibility index (Phi) is 3.13. The van der Waals surface area contributed by atoms with Crippen molar-refractivity contribution in [3.63, 3.8) is 0 Å². The Bertz CT molecular complexity index is 138. The van der Waals surface area contributed by atoms with Crippen LogP contribution in [0.1, 0.15) is 33.6 Å². The molecule has 1 nitrogen and oxygen atoms in total. The number of rotatable bonds is 2. The predicted octanol–water partition coefficient (Wildman–Crippen LogP) is 2.44. The van der Waals surface area contributed by atoms with Gasteiger partial charge in [-0.3, -0.25) is 4.90 Å². The van der Waals surface area contributed by atoms with Gasteiger partial charge in [-0.25, -0.2) is 0 Å². The van der Waals surface area contributed by atoms with Gasteiger partial charge < -0.3 is 0 Å². The Balaban J connectivity index is 2.56. The van der Waals surface area contributed by atoms with Crippen LogP contribution in [-0.4, -0.2) is 23.5 Å². The molecule has 11 heavy (non-hydrogen) atoms. The Morgan fingerprint density at radius 1 is 1.55 bits per heavy atom. The van der Waals surface area contributed by atoms with Crippen LogP contribution in [0.25, 0.3) is 0 Å². The summed E-state index contributed by atoms with van der Waals surface area (Å²) in [5.41, 5.74) is 0. The lowest BCUT2D eigenvalue weighted by molar-refractivity contribution is 0.173. The minimum absolute atomic E-state index is 0.698. The maximum atomic E-state index is 2.57. The fourth-order valence-corrected chi connectivity index (χ4v) is 1.77. The molecule has 1 rings (SSSR count). The molecule has 0 amide bonds. The number of hydrogen-bond acceptors (Lipinski definition) is 1. The van der Waals surface area contributed by atoms with Gasteiger partial charge in [-0.05, 0) is 26.7 Å². The maximum absolute atomic E-state index is 2.57. The molecular formula is C10H19N. The topological polar surface area (TPSA) is 3.24 Å². The first-order chi connectivity index (χ1) is 5.25. The van der Waals surface area contributed by atoms with Gasteiger partial charge in [0.2, 0.25) is 0 Å². The van der Waals surface area contributed by atoms with E-state index >= 15 is 0 Å². The van der Waals surface area contributed by atoms with Crippen molar-refractivity contribution < 1.29 is 0 Å². The lowest BCUT2D eigenvalue weighted by atomic mass is 10.1. The fourth-order valence-electron chi connectivity index (χ4n) is 1.77. The van der Waals surface area contributed by atoms with Crippen molar-refractivity contribution in [2.75, 3.05) is 6.54 Å². The first-order valence-corrected chi connectivity index (χ1v) is 4.68. The normalized spacial score (nSPS) is 26.4. The predicted molar refractivity (Wildman–Crippen MR) is 49.7 cm³/mol. The largest absolute Gasteiger partial charge is 0.294 e. The lowest BCUT2D eigenvalue weighted by Gasteiger charge is -2.34. The molecule has 0 spiro atoms. The summed E-state index contributed by atoms with van der Waals surface area (Å²) >= 11 is 0. The molecule has 0 radical (unpaired) electrons. The lowest BCUT2D eigenvalue weighted by Crippen LogP contribution is -2.41. The van der Waals surface area contributed by atoms with Gasteiger partial charge in [0.1, 0.15) is 0 Å². The molecule has 0 saturated carbocycles. The van der Waals surface area contributed by atoms with Gasteiger partial charge in [0.15, 0.2) is 0 Å². The van der Waals surface area contributed by atoms with Crippen LogP contribution in [0.5, 0.6) is 0 Å². The number of nitrogens with zero attached hydrogens (tertiary/aromatic N) is 1. The van der Waals surface area contributed by atoms with Crippen LogP contribution in [0.3, 0.4) is 0 Å². The van der Waals surface area contributed by atoms with Crippen LogP contribution < -0.4 is 0 Å². The Hall–Kier alpha value is -0.300. The monoisotopic (exact) mass is 153 g/mol. The van der Waals surface area contributed by atoms with Crippen molar-refractivity contribution in [1.82, 2.24) is 4.90 Å². The third-order valence-electron chi connectivity index (χ3n) is 2.42. The summed E-state index contributed by atoms with van der Waals surface area (Å²) in [4.78, 5) is 2.57. The smallest absolute Gasteiger partial charge is 0.0278 e. The zero-order valence-electron chi connectivity index (χ0n) is 7.88. The molecule has 1 aliphatic rings. The Labute approximate surface area is 70.1 Å². The summed E-state index contributed by atoms with van der Waals surface area (Å²) in [6.45, 7) is 8.06. The van der Waals surface area contributed by atoms with Gasteiger partial charge in [-0.2, -0.15) is 0 Å². The highest BCUT2D eigenvalue weighted by molar-refractivity contribution is 4.99. The molecule has 1 unspecified atom stereocenters. The molecule has 1 atom stereocenters. The van der Waals surface area contributed by atoms with E-state index in [1.54, 1.807) is 0 Å². The van der Waals surface area contributed by atoms with Crippen molar-refractivity contribution >= 4 is 0 Å². The van der Waals surface area contributed by atoms with Gasteiger partial charge in [-0.15, -0.1) is 0 Å². The van der Waals surface area contributed by atoms with Gasteiger partial charge in [0, 0.05) is 18.6 Å². The van der Waals surface area contributed by atoms with Crippen LogP contribution in [0.2, 0.25) is 0 Å². The maximum Gasteiger partial charge on any atom is 0.0278 e. The van der Waals surface area contributed by atoms with E-state index in [0.29, 0.717) is 12.1 Å². The molecule has 1 heterocycles. The second kappa shape index (κ2) is 3.91. The van der Waals surface area contributed by atoms with E-state index in [0.717, 1.165) is 0 Å². The van der Waals surface area contributed by atoms with E-state index in [1.807, 2.05) is 0 Å². The first kappa shape index (κ1) is 8.79. The van der Waals surface area contributed by atoms with E-state index < -0.39 is 0 Å². The molecule has 0 aromatic carbocycles. The van der Waals surface area contributed by atoms with E-state index in [9.17, 15) is 0 Å². The fraction of sp³-hybridized carbons (Fsp3) is 0.800. The second-order valence-corrected chi connectivity index (χ2v) is 3.52. The van der Waals surface area contributed by atoms with Crippen molar-refractivity contribution in [2.45, 2.75) is 45.7 Å². The highest BCUT2D eigenvalue weighted by Crippen LogP contribution is 2.15. The molecule has 1 aliphatic heterocycles. The third-order valence-corrected chi connectivity index (χ3v) is 2.42. The summed E-state index contributed by atoms with van der Waals surface area (Å²) < 4.78 is 0. The molecular weight excluding hydrogens is 134 g/mol. The van der Waals surface area contributed by atoms with Gasteiger partial charge in [0.25, 0.3) is 0 Å². The minimum Gasteiger partial charge on any atom is -0.294 e. The highest BCUT2D eigenvalue weighted by Gasteiger charge is 2.18. The van der Waals surface area contributed by atoms with Crippen LogP contribution in [0.15, 0.2) is 12.2 Å². The van der Waals surface area contributed by atoms with Crippen LogP contribution >= 0.6 is 0 Å². The van der Waals surface area contributed by atoms with Gasteiger partial charge in [-0.1, -0.05) is 19.1 Å². The van der Waals surface area contributed by atoms with Gasteiger partial charge in [0.05, 0.1) is 0 Å². The third kappa shape index (κ3) is 2.06. The first-order valence-electron chi connectivity index (χ1n) is 4.68. The highest BCUT2D eigenvalue weighted by atomic mass is 15.2. The zero-order valence-corrected chi connectivity index (χ0v) is 7.88. The molecule has 0 aliphatic carbocycles. The van der Waals surface area contributed by atoms with Crippen LogP contribution in [0.4, 0.5) is 0 Å². The summed E-state index contributed by atoms with van der Waals surface area (Å²) in [6.07, 6.45) is 7.14. The molecule has 0 bridgehead atoms. The molecule has 64 valence electrons. The van der Waals surface area contributed by atoms with E-state index in [4.69, 9.17) is 0 Å². The quantitative estimate of drug-likeness (QED) is 0.551. The molecule has 1 heteroatoms. The van der Waals surface area contributed by atoms with Crippen LogP contribution in [-0.2, 0) is 0 Å². The van der Waals surface area contributed by atoms with E-state index in [-0.39, 0.29) is 0 Å². The second-order valence-electron chi connectivity index (χ2n) is 3.52. The SMILES string of the molecule is CCC1C=CCCN1C(C)C. The van der Waals surface area contributed by atoms with Crippen molar-refractivity contribution in [3.8, 4) is 0 Å². The van der Waals surface area contributed by atoms with E-state index in [2.05, 4.69) is 37.8 Å². The average Bonchev–Trinajstić information content (AvgIpc) is 2.04. The van der Waals surface area contributed by atoms with Crippen molar-refractivity contribution in [1.29, 1.82) is 0 Å². The summed E-state index contributed by atoms with van der Waals surface area (Å²) in [6, 6.07) is 1.40. The van der Waals surface area contributed by atoms with E-state index in [1.165, 1.54) is 19.4 Å². The van der Waals surface area contributed by atoms with Crippen LogP contribution in [0, 0.1) is 0 Å². The molecule has 0 N–H and O–H groups in total. The number of hydrogen-bond donors (Lipinski definition) is 0. The minimum atomic E-state index is 0.698.